The third-order valence-corrected chi connectivity index (χ3v) is 5.28. The van der Waals surface area contributed by atoms with Gasteiger partial charge in [0.05, 0.1) is 6.61 Å². The zero-order chi connectivity index (χ0) is 13.9. The standard InChI is InChI=1S/C17H25BrO/c1-16(2,3)15-7-5-14(6-8-15)11-17(12-18)9-4-10-19-13-17/h5-8H,4,9-13H2,1-3H3. The fourth-order valence-electron chi connectivity index (χ4n) is 2.76. The Bertz CT molecular complexity index is 396. The van der Waals surface area contributed by atoms with Crippen molar-refractivity contribution in [3.63, 3.8) is 0 Å². The zero-order valence-electron chi connectivity index (χ0n) is 12.3. The van der Waals surface area contributed by atoms with Crippen LogP contribution in [0.15, 0.2) is 24.3 Å². The predicted octanol–water partition coefficient (Wildman–Crippen LogP) is 4.72. The summed E-state index contributed by atoms with van der Waals surface area (Å²) in [5.74, 6) is 0. The Hall–Kier alpha value is -0.340. The Labute approximate surface area is 125 Å². The monoisotopic (exact) mass is 324 g/mol. The Morgan fingerprint density at radius 2 is 1.89 bits per heavy atom. The molecule has 1 fully saturated rings. The van der Waals surface area contributed by atoms with E-state index in [2.05, 4.69) is 61.0 Å². The molecule has 0 bridgehead atoms. The van der Waals surface area contributed by atoms with E-state index in [-0.39, 0.29) is 5.41 Å². The van der Waals surface area contributed by atoms with E-state index in [0.29, 0.717) is 5.41 Å². The normalized spacial score (nSPS) is 24.4. The highest BCUT2D eigenvalue weighted by molar-refractivity contribution is 9.09. The summed E-state index contributed by atoms with van der Waals surface area (Å²) in [7, 11) is 0. The van der Waals surface area contributed by atoms with E-state index in [1.54, 1.807) is 0 Å². The van der Waals surface area contributed by atoms with Crippen LogP contribution in [0.25, 0.3) is 0 Å². The second kappa shape index (κ2) is 5.97. The van der Waals surface area contributed by atoms with Crippen molar-refractivity contribution in [1.82, 2.24) is 0 Å². The SMILES string of the molecule is CC(C)(C)c1ccc(CC2(CBr)CCCOC2)cc1. The summed E-state index contributed by atoms with van der Waals surface area (Å²) in [6.45, 7) is 8.60. The quantitative estimate of drug-likeness (QED) is 0.731. The topological polar surface area (TPSA) is 9.23 Å². The van der Waals surface area contributed by atoms with Gasteiger partial charge in [0.1, 0.15) is 0 Å². The van der Waals surface area contributed by atoms with E-state index in [1.807, 2.05) is 0 Å². The van der Waals surface area contributed by atoms with Crippen LogP contribution in [0.1, 0.15) is 44.7 Å². The molecule has 1 heterocycles. The van der Waals surface area contributed by atoms with Crippen molar-refractivity contribution >= 4 is 15.9 Å². The van der Waals surface area contributed by atoms with E-state index in [1.165, 1.54) is 24.0 Å². The summed E-state index contributed by atoms with van der Waals surface area (Å²) in [6.07, 6.45) is 3.56. The maximum absolute atomic E-state index is 5.70. The predicted molar refractivity (Wildman–Crippen MR) is 85.1 cm³/mol. The van der Waals surface area contributed by atoms with Crippen LogP contribution < -0.4 is 0 Å². The summed E-state index contributed by atoms with van der Waals surface area (Å²) in [4.78, 5) is 0. The maximum Gasteiger partial charge on any atom is 0.0533 e. The van der Waals surface area contributed by atoms with Gasteiger partial charge in [-0.2, -0.15) is 0 Å². The van der Waals surface area contributed by atoms with Gasteiger partial charge >= 0.3 is 0 Å². The van der Waals surface area contributed by atoms with Gasteiger partial charge in [-0.1, -0.05) is 61.0 Å². The molecule has 1 aliphatic rings. The molecule has 0 N–H and O–H groups in total. The number of hydrogen-bond acceptors (Lipinski definition) is 1. The molecule has 1 aromatic carbocycles. The first kappa shape index (κ1) is 15.1. The van der Waals surface area contributed by atoms with Crippen molar-refractivity contribution in [3.8, 4) is 0 Å². The van der Waals surface area contributed by atoms with Crippen molar-refractivity contribution in [2.75, 3.05) is 18.5 Å². The van der Waals surface area contributed by atoms with Crippen LogP contribution in [0.3, 0.4) is 0 Å². The van der Waals surface area contributed by atoms with Crippen molar-refractivity contribution in [1.29, 1.82) is 0 Å². The Balaban J connectivity index is 2.10. The number of ether oxygens (including phenoxy) is 1. The molecule has 1 aliphatic heterocycles. The van der Waals surface area contributed by atoms with Gasteiger partial charge in [-0.15, -0.1) is 0 Å². The Kier molecular flexibility index (Phi) is 4.73. The molecule has 0 saturated carbocycles. The van der Waals surface area contributed by atoms with E-state index < -0.39 is 0 Å². The van der Waals surface area contributed by atoms with Gasteiger partial charge in [-0.3, -0.25) is 0 Å². The van der Waals surface area contributed by atoms with Gasteiger partial charge in [0.2, 0.25) is 0 Å². The molecule has 0 spiro atoms. The third-order valence-electron chi connectivity index (χ3n) is 4.09. The molecular formula is C17H25BrO. The van der Waals surface area contributed by atoms with Crippen LogP contribution in [-0.2, 0) is 16.6 Å². The van der Waals surface area contributed by atoms with Crippen LogP contribution in [0, 0.1) is 5.41 Å². The highest BCUT2D eigenvalue weighted by Gasteiger charge is 2.32. The summed E-state index contributed by atoms with van der Waals surface area (Å²) in [5.41, 5.74) is 3.36. The minimum Gasteiger partial charge on any atom is -0.381 e. The van der Waals surface area contributed by atoms with Gasteiger partial charge in [-0.25, -0.2) is 0 Å². The van der Waals surface area contributed by atoms with E-state index in [4.69, 9.17) is 4.74 Å². The largest absolute Gasteiger partial charge is 0.381 e. The number of rotatable bonds is 3. The van der Waals surface area contributed by atoms with E-state index >= 15 is 0 Å². The van der Waals surface area contributed by atoms with Crippen molar-refractivity contribution in [2.24, 2.45) is 5.41 Å². The zero-order valence-corrected chi connectivity index (χ0v) is 13.9. The fourth-order valence-corrected chi connectivity index (χ4v) is 3.40. The van der Waals surface area contributed by atoms with Crippen LogP contribution in [-0.4, -0.2) is 18.5 Å². The first-order valence-electron chi connectivity index (χ1n) is 7.18. The van der Waals surface area contributed by atoms with Gasteiger partial charge in [0, 0.05) is 17.4 Å². The molecule has 2 heteroatoms. The summed E-state index contributed by atoms with van der Waals surface area (Å²) in [5, 5.41) is 1.03. The minimum atomic E-state index is 0.236. The smallest absolute Gasteiger partial charge is 0.0533 e. The fraction of sp³-hybridized carbons (Fsp3) is 0.647. The first-order valence-corrected chi connectivity index (χ1v) is 8.31. The van der Waals surface area contributed by atoms with Crippen LogP contribution >= 0.6 is 15.9 Å². The molecule has 106 valence electrons. The molecule has 0 radical (unpaired) electrons. The lowest BCUT2D eigenvalue weighted by atomic mass is 9.78. The lowest BCUT2D eigenvalue weighted by molar-refractivity contribution is 0.00615. The highest BCUT2D eigenvalue weighted by Crippen LogP contribution is 2.35. The van der Waals surface area contributed by atoms with Crippen LogP contribution in [0.2, 0.25) is 0 Å². The molecule has 0 amide bonds. The second-order valence-electron chi connectivity index (χ2n) is 6.91. The van der Waals surface area contributed by atoms with Gasteiger partial charge in [0.25, 0.3) is 0 Å². The van der Waals surface area contributed by atoms with Crippen molar-refractivity contribution in [3.05, 3.63) is 35.4 Å². The molecule has 1 unspecified atom stereocenters. The number of alkyl halides is 1. The summed E-state index contributed by atoms with van der Waals surface area (Å²) >= 11 is 3.69. The molecule has 2 rings (SSSR count). The van der Waals surface area contributed by atoms with Crippen LogP contribution in [0.5, 0.6) is 0 Å². The molecule has 1 saturated heterocycles. The van der Waals surface area contributed by atoms with Crippen LogP contribution in [0.4, 0.5) is 0 Å². The average molecular weight is 325 g/mol. The van der Waals surface area contributed by atoms with E-state index in [9.17, 15) is 0 Å². The molecule has 1 nitrogen and oxygen atoms in total. The van der Waals surface area contributed by atoms with Gasteiger partial charge in [0.15, 0.2) is 0 Å². The first-order chi connectivity index (χ1) is 8.95. The summed E-state index contributed by atoms with van der Waals surface area (Å²) < 4.78 is 5.70. The maximum atomic E-state index is 5.70. The van der Waals surface area contributed by atoms with Crippen molar-refractivity contribution in [2.45, 2.75) is 45.4 Å². The molecule has 19 heavy (non-hydrogen) atoms. The molecule has 1 atom stereocenters. The Morgan fingerprint density at radius 1 is 1.21 bits per heavy atom. The number of benzene rings is 1. The van der Waals surface area contributed by atoms with Gasteiger partial charge < -0.3 is 4.74 Å². The second-order valence-corrected chi connectivity index (χ2v) is 7.47. The minimum absolute atomic E-state index is 0.236. The lowest BCUT2D eigenvalue weighted by Crippen LogP contribution is -2.35. The molecular weight excluding hydrogens is 300 g/mol. The van der Waals surface area contributed by atoms with Crippen molar-refractivity contribution < 1.29 is 4.74 Å². The number of halogens is 1. The van der Waals surface area contributed by atoms with Gasteiger partial charge in [-0.05, 0) is 35.8 Å². The molecule has 0 aliphatic carbocycles. The third kappa shape index (κ3) is 3.82. The molecule has 1 aromatic rings. The molecule has 0 aromatic heterocycles. The highest BCUT2D eigenvalue weighted by atomic mass is 79.9. The summed E-state index contributed by atoms with van der Waals surface area (Å²) in [6, 6.07) is 9.14. The Morgan fingerprint density at radius 3 is 2.37 bits per heavy atom. The number of hydrogen-bond donors (Lipinski definition) is 0. The average Bonchev–Trinajstić information content (AvgIpc) is 2.39. The lowest BCUT2D eigenvalue weighted by Gasteiger charge is -2.35. The van der Waals surface area contributed by atoms with E-state index in [0.717, 1.165) is 25.0 Å².